The standard InChI is InChI=1S/C11H13NOS/c1-2-7-14(13)9-11-5-3-10(8-12)4-6-11/h3-6H,2,7,9H2,1H3. The van der Waals surface area contributed by atoms with Gasteiger partial charge in [-0.2, -0.15) is 5.26 Å². The quantitative estimate of drug-likeness (QED) is 0.759. The third kappa shape index (κ3) is 3.31. The molecule has 0 aliphatic carbocycles. The van der Waals surface area contributed by atoms with E-state index in [1.54, 1.807) is 12.1 Å². The topological polar surface area (TPSA) is 40.9 Å². The third-order valence-electron chi connectivity index (χ3n) is 1.84. The highest BCUT2D eigenvalue weighted by Gasteiger charge is 2.00. The van der Waals surface area contributed by atoms with Gasteiger partial charge in [-0.25, -0.2) is 0 Å². The van der Waals surface area contributed by atoms with Crippen molar-refractivity contribution in [2.75, 3.05) is 5.75 Å². The zero-order valence-electron chi connectivity index (χ0n) is 8.19. The van der Waals surface area contributed by atoms with Gasteiger partial charge in [-0.15, -0.1) is 0 Å². The van der Waals surface area contributed by atoms with E-state index in [2.05, 4.69) is 6.07 Å². The Bertz CT molecular complexity index is 351. The first-order chi connectivity index (χ1) is 6.76. The lowest BCUT2D eigenvalue weighted by atomic mass is 10.2. The number of nitrogens with zero attached hydrogens (tertiary/aromatic N) is 1. The van der Waals surface area contributed by atoms with Gasteiger partial charge in [-0.1, -0.05) is 19.1 Å². The highest BCUT2D eigenvalue weighted by molar-refractivity contribution is 7.84. The number of nitriles is 1. The molecule has 0 fully saturated rings. The number of hydrogen-bond acceptors (Lipinski definition) is 2. The SMILES string of the molecule is CCCS(=O)Cc1ccc(C#N)cc1. The van der Waals surface area contributed by atoms with Gasteiger partial charge in [0.05, 0.1) is 11.6 Å². The van der Waals surface area contributed by atoms with Crippen LogP contribution in [0.4, 0.5) is 0 Å². The molecule has 0 aromatic heterocycles. The Morgan fingerprint density at radius 1 is 1.36 bits per heavy atom. The normalized spacial score (nSPS) is 12.0. The fourth-order valence-electron chi connectivity index (χ4n) is 1.16. The van der Waals surface area contributed by atoms with Crippen molar-refractivity contribution in [2.45, 2.75) is 19.1 Å². The average molecular weight is 207 g/mol. The van der Waals surface area contributed by atoms with Crippen LogP contribution in [0, 0.1) is 11.3 Å². The van der Waals surface area contributed by atoms with E-state index < -0.39 is 10.8 Å². The molecule has 0 amide bonds. The summed E-state index contributed by atoms with van der Waals surface area (Å²) >= 11 is 0. The Morgan fingerprint density at radius 2 is 2.00 bits per heavy atom. The first-order valence-corrected chi connectivity index (χ1v) is 6.09. The van der Waals surface area contributed by atoms with Crippen molar-refractivity contribution in [2.24, 2.45) is 0 Å². The number of benzene rings is 1. The summed E-state index contributed by atoms with van der Waals surface area (Å²) in [6.07, 6.45) is 0.947. The monoisotopic (exact) mass is 207 g/mol. The van der Waals surface area contributed by atoms with Crippen LogP contribution in [0.1, 0.15) is 24.5 Å². The van der Waals surface area contributed by atoms with Gasteiger partial charge in [0, 0.05) is 22.3 Å². The molecule has 0 heterocycles. The second kappa shape index (κ2) is 5.56. The highest BCUT2D eigenvalue weighted by atomic mass is 32.2. The van der Waals surface area contributed by atoms with E-state index >= 15 is 0 Å². The Labute approximate surface area is 87.0 Å². The van der Waals surface area contributed by atoms with Gasteiger partial charge in [-0.05, 0) is 24.1 Å². The fraction of sp³-hybridized carbons (Fsp3) is 0.364. The summed E-state index contributed by atoms with van der Waals surface area (Å²) in [7, 11) is -0.762. The molecule has 1 aromatic carbocycles. The Hall–Kier alpha value is -1.14. The number of rotatable bonds is 4. The van der Waals surface area contributed by atoms with Gasteiger partial charge in [0.1, 0.15) is 0 Å². The molecule has 1 rings (SSSR count). The predicted molar refractivity (Wildman–Crippen MR) is 58.2 cm³/mol. The minimum absolute atomic E-state index is 0.597. The van der Waals surface area contributed by atoms with E-state index in [9.17, 15) is 4.21 Å². The summed E-state index contributed by atoms with van der Waals surface area (Å²) in [5.41, 5.74) is 1.69. The van der Waals surface area contributed by atoms with Gasteiger partial charge in [0.15, 0.2) is 0 Å². The van der Waals surface area contributed by atoms with Crippen LogP contribution in [0.3, 0.4) is 0 Å². The van der Waals surface area contributed by atoms with Gasteiger partial charge in [-0.3, -0.25) is 4.21 Å². The summed E-state index contributed by atoms with van der Waals surface area (Å²) in [5.74, 6) is 1.35. The van der Waals surface area contributed by atoms with E-state index in [-0.39, 0.29) is 0 Å². The summed E-state index contributed by atoms with van der Waals surface area (Å²) in [6, 6.07) is 9.32. The molecule has 2 nitrogen and oxygen atoms in total. The maximum atomic E-state index is 11.4. The fourth-order valence-corrected chi connectivity index (χ4v) is 2.33. The van der Waals surface area contributed by atoms with Crippen molar-refractivity contribution >= 4 is 10.8 Å². The number of hydrogen-bond donors (Lipinski definition) is 0. The van der Waals surface area contributed by atoms with Gasteiger partial charge in [0.25, 0.3) is 0 Å². The molecule has 1 unspecified atom stereocenters. The van der Waals surface area contributed by atoms with Crippen molar-refractivity contribution in [3.05, 3.63) is 35.4 Å². The van der Waals surface area contributed by atoms with Crippen molar-refractivity contribution in [1.29, 1.82) is 5.26 Å². The molecule has 74 valence electrons. The van der Waals surface area contributed by atoms with Crippen LogP contribution >= 0.6 is 0 Å². The molecule has 0 bridgehead atoms. The molecular formula is C11H13NOS. The van der Waals surface area contributed by atoms with Crippen LogP contribution in [0.15, 0.2) is 24.3 Å². The van der Waals surface area contributed by atoms with Gasteiger partial charge in [0.2, 0.25) is 0 Å². The molecule has 1 atom stereocenters. The molecule has 0 N–H and O–H groups in total. The van der Waals surface area contributed by atoms with Crippen LogP contribution in [0.5, 0.6) is 0 Å². The Kier molecular flexibility index (Phi) is 4.34. The van der Waals surface area contributed by atoms with E-state index in [0.29, 0.717) is 11.3 Å². The van der Waals surface area contributed by atoms with E-state index in [0.717, 1.165) is 17.7 Å². The maximum absolute atomic E-state index is 11.4. The molecule has 1 aromatic rings. The molecule has 0 aliphatic rings. The highest BCUT2D eigenvalue weighted by Crippen LogP contribution is 2.06. The molecule has 0 radical (unpaired) electrons. The zero-order valence-corrected chi connectivity index (χ0v) is 9.01. The van der Waals surface area contributed by atoms with Crippen LogP contribution in [0.2, 0.25) is 0 Å². The Balaban J connectivity index is 2.61. The van der Waals surface area contributed by atoms with Crippen molar-refractivity contribution < 1.29 is 4.21 Å². The van der Waals surface area contributed by atoms with Crippen molar-refractivity contribution in [1.82, 2.24) is 0 Å². The van der Waals surface area contributed by atoms with Crippen LogP contribution in [-0.2, 0) is 16.6 Å². The minimum Gasteiger partial charge on any atom is -0.259 e. The lowest BCUT2D eigenvalue weighted by Crippen LogP contribution is -1.99. The van der Waals surface area contributed by atoms with E-state index in [1.165, 1.54) is 0 Å². The van der Waals surface area contributed by atoms with Crippen LogP contribution in [0.25, 0.3) is 0 Å². The molecule has 0 spiro atoms. The maximum Gasteiger partial charge on any atom is 0.0991 e. The molecule has 3 heteroatoms. The van der Waals surface area contributed by atoms with E-state index in [1.807, 2.05) is 19.1 Å². The molecule has 0 saturated heterocycles. The molecule has 0 aliphatic heterocycles. The first-order valence-electron chi connectivity index (χ1n) is 4.60. The molecule has 0 saturated carbocycles. The Morgan fingerprint density at radius 3 is 2.50 bits per heavy atom. The summed E-state index contributed by atoms with van der Waals surface area (Å²) in [5, 5.41) is 8.58. The zero-order chi connectivity index (χ0) is 10.4. The summed E-state index contributed by atoms with van der Waals surface area (Å²) in [4.78, 5) is 0. The molecular weight excluding hydrogens is 194 g/mol. The van der Waals surface area contributed by atoms with E-state index in [4.69, 9.17) is 5.26 Å². The average Bonchev–Trinajstić information content (AvgIpc) is 2.19. The smallest absolute Gasteiger partial charge is 0.0991 e. The lowest BCUT2D eigenvalue weighted by Gasteiger charge is -2.00. The third-order valence-corrected chi connectivity index (χ3v) is 3.36. The van der Waals surface area contributed by atoms with Crippen molar-refractivity contribution in [3.8, 4) is 6.07 Å². The van der Waals surface area contributed by atoms with Crippen molar-refractivity contribution in [3.63, 3.8) is 0 Å². The van der Waals surface area contributed by atoms with Gasteiger partial charge >= 0.3 is 0 Å². The predicted octanol–water partition coefficient (Wildman–Crippen LogP) is 2.22. The molecule has 14 heavy (non-hydrogen) atoms. The second-order valence-electron chi connectivity index (χ2n) is 3.10. The minimum atomic E-state index is -0.762. The summed E-state index contributed by atoms with van der Waals surface area (Å²) in [6.45, 7) is 2.02. The lowest BCUT2D eigenvalue weighted by molar-refractivity contribution is 0.681. The largest absolute Gasteiger partial charge is 0.259 e. The van der Waals surface area contributed by atoms with Crippen LogP contribution in [-0.4, -0.2) is 9.96 Å². The van der Waals surface area contributed by atoms with Gasteiger partial charge < -0.3 is 0 Å². The summed E-state index contributed by atoms with van der Waals surface area (Å²) < 4.78 is 11.4. The second-order valence-corrected chi connectivity index (χ2v) is 4.67. The van der Waals surface area contributed by atoms with Crippen LogP contribution < -0.4 is 0 Å². The first kappa shape index (κ1) is 10.9.